The number of nitrogens with zero attached hydrogens (tertiary/aromatic N) is 3. The summed E-state index contributed by atoms with van der Waals surface area (Å²) < 4.78 is 14.0. The predicted molar refractivity (Wildman–Crippen MR) is 154 cm³/mol. The van der Waals surface area contributed by atoms with Crippen LogP contribution < -0.4 is 24.5 Å². The van der Waals surface area contributed by atoms with E-state index in [9.17, 15) is 9.59 Å². The number of aryl methyl sites for hydroxylation is 1. The summed E-state index contributed by atoms with van der Waals surface area (Å²) in [5.74, 6) is 0.0700. The van der Waals surface area contributed by atoms with Gasteiger partial charge < -0.3 is 14.4 Å². The van der Waals surface area contributed by atoms with Gasteiger partial charge in [-0.05, 0) is 81.1 Å². The van der Waals surface area contributed by atoms with Crippen molar-refractivity contribution in [3.63, 3.8) is 0 Å². The van der Waals surface area contributed by atoms with Crippen molar-refractivity contribution in [1.29, 1.82) is 0 Å². The van der Waals surface area contributed by atoms with Crippen LogP contribution in [0.2, 0.25) is 0 Å². The standard InChI is InChI=1S/C29H30BrN3O4S/c1-5-37-28(35)25-18(3)31-29-33(26(25)21-16-20(30)9-11-23(21)36-4)27(34)24(38-29)15-19-8-10-22(17(2)14-19)32-12-6-7-13-32/h8-11,14-16,26H,5-7,12-13H2,1-4H3/b24-15-/t26-/m1/s1. The first-order valence-corrected chi connectivity index (χ1v) is 14.3. The highest BCUT2D eigenvalue weighted by atomic mass is 79.9. The van der Waals surface area contributed by atoms with Crippen LogP contribution in [-0.2, 0) is 9.53 Å². The summed E-state index contributed by atoms with van der Waals surface area (Å²) in [7, 11) is 1.57. The van der Waals surface area contributed by atoms with Crippen molar-refractivity contribution >= 4 is 45.0 Å². The maximum atomic E-state index is 13.9. The molecular formula is C29H30BrN3O4S. The molecule has 7 nitrogen and oxygen atoms in total. The second-order valence-corrected chi connectivity index (χ2v) is 11.4. The number of methoxy groups -OCH3 is 1. The van der Waals surface area contributed by atoms with Crippen LogP contribution in [-0.4, -0.2) is 37.3 Å². The maximum absolute atomic E-state index is 13.9. The van der Waals surface area contributed by atoms with Crippen LogP contribution in [0.4, 0.5) is 5.69 Å². The summed E-state index contributed by atoms with van der Waals surface area (Å²) in [5.41, 5.74) is 4.70. The molecule has 38 heavy (non-hydrogen) atoms. The molecule has 9 heteroatoms. The molecule has 5 rings (SSSR count). The number of hydrogen-bond donors (Lipinski definition) is 0. The van der Waals surface area contributed by atoms with Gasteiger partial charge in [-0.15, -0.1) is 0 Å². The molecule has 2 aromatic carbocycles. The molecule has 2 aliphatic heterocycles. The van der Waals surface area contributed by atoms with Gasteiger partial charge in [0.1, 0.15) is 11.8 Å². The molecule has 0 amide bonds. The average Bonchev–Trinajstić information content (AvgIpc) is 3.52. The van der Waals surface area contributed by atoms with Crippen LogP contribution >= 0.6 is 27.3 Å². The molecule has 0 N–H and O–H groups in total. The molecule has 0 saturated carbocycles. The summed E-state index contributed by atoms with van der Waals surface area (Å²) in [5, 5.41) is 0. The molecule has 1 aromatic heterocycles. The van der Waals surface area contributed by atoms with E-state index in [-0.39, 0.29) is 12.2 Å². The molecule has 1 saturated heterocycles. The van der Waals surface area contributed by atoms with Crippen molar-refractivity contribution in [2.24, 2.45) is 4.99 Å². The number of ether oxygens (including phenoxy) is 2. The second kappa shape index (κ2) is 10.9. The van der Waals surface area contributed by atoms with Crippen molar-refractivity contribution in [2.75, 3.05) is 31.7 Å². The molecule has 198 valence electrons. The Morgan fingerprint density at radius 3 is 2.63 bits per heavy atom. The Morgan fingerprint density at radius 1 is 1.18 bits per heavy atom. The molecule has 0 radical (unpaired) electrons. The Balaban J connectivity index is 1.67. The number of hydrogen-bond acceptors (Lipinski definition) is 7. The molecule has 0 unspecified atom stereocenters. The lowest BCUT2D eigenvalue weighted by atomic mass is 9.95. The average molecular weight is 597 g/mol. The molecule has 1 atom stereocenters. The Bertz CT molecular complexity index is 1620. The molecule has 1 fully saturated rings. The first-order valence-electron chi connectivity index (χ1n) is 12.7. The van der Waals surface area contributed by atoms with Crippen LogP contribution in [0, 0.1) is 6.92 Å². The quantitative estimate of drug-likeness (QED) is 0.393. The van der Waals surface area contributed by atoms with Crippen molar-refractivity contribution in [3.8, 4) is 5.75 Å². The van der Waals surface area contributed by atoms with Crippen LogP contribution in [0.15, 0.2) is 61.9 Å². The molecule has 0 spiro atoms. The lowest BCUT2D eigenvalue weighted by Gasteiger charge is -2.26. The number of thiazole rings is 1. The Kier molecular flexibility index (Phi) is 7.59. The zero-order valence-corrected chi connectivity index (χ0v) is 24.3. The van der Waals surface area contributed by atoms with E-state index >= 15 is 0 Å². The highest BCUT2D eigenvalue weighted by Gasteiger charge is 2.35. The first kappa shape index (κ1) is 26.4. The van der Waals surface area contributed by atoms with Gasteiger partial charge in [-0.25, -0.2) is 9.79 Å². The topological polar surface area (TPSA) is 73.1 Å². The lowest BCUT2D eigenvalue weighted by molar-refractivity contribution is -0.139. The van der Waals surface area contributed by atoms with Crippen LogP contribution in [0.1, 0.15) is 49.4 Å². The van der Waals surface area contributed by atoms with E-state index in [1.807, 2.05) is 24.3 Å². The third-order valence-electron chi connectivity index (χ3n) is 6.97. The molecule has 3 aromatic rings. The zero-order valence-electron chi connectivity index (χ0n) is 21.9. The largest absolute Gasteiger partial charge is 0.496 e. The summed E-state index contributed by atoms with van der Waals surface area (Å²) in [6, 6.07) is 11.1. The summed E-state index contributed by atoms with van der Waals surface area (Å²) in [6.07, 6.45) is 4.35. The van der Waals surface area contributed by atoms with E-state index < -0.39 is 12.0 Å². The second-order valence-electron chi connectivity index (χ2n) is 9.43. The van der Waals surface area contributed by atoms with Gasteiger partial charge in [0.05, 0.1) is 29.5 Å². The number of fused-ring (bicyclic) bond motifs is 1. The van der Waals surface area contributed by atoms with Crippen LogP contribution in [0.5, 0.6) is 5.75 Å². The van der Waals surface area contributed by atoms with E-state index in [1.54, 1.807) is 25.5 Å². The summed E-state index contributed by atoms with van der Waals surface area (Å²) in [6.45, 7) is 8.03. The third kappa shape index (κ3) is 4.85. The third-order valence-corrected chi connectivity index (χ3v) is 8.44. The number of rotatable bonds is 6. The molecule has 2 aliphatic rings. The zero-order chi connectivity index (χ0) is 27.0. The highest BCUT2D eigenvalue weighted by Crippen LogP contribution is 2.37. The number of carbonyl (C=O) groups excluding carboxylic acids is 1. The number of halogens is 1. The summed E-state index contributed by atoms with van der Waals surface area (Å²) >= 11 is 4.85. The predicted octanol–water partition coefficient (Wildman–Crippen LogP) is 4.48. The minimum atomic E-state index is -0.737. The Labute approximate surface area is 233 Å². The first-order chi connectivity index (χ1) is 18.3. The molecule has 3 heterocycles. The molecule has 0 bridgehead atoms. The number of benzene rings is 2. The van der Waals surface area contributed by atoms with Gasteiger partial charge in [0, 0.05) is 28.8 Å². The smallest absolute Gasteiger partial charge is 0.338 e. The van der Waals surface area contributed by atoms with Gasteiger partial charge in [-0.2, -0.15) is 0 Å². The van der Waals surface area contributed by atoms with E-state index in [4.69, 9.17) is 9.47 Å². The van der Waals surface area contributed by atoms with E-state index in [1.165, 1.54) is 35.4 Å². The van der Waals surface area contributed by atoms with Crippen molar-refractivity contribution in [3.05, 3.63) is 88.5 Å². The van der Waals surface area contributed by atoms with Gasteiger partial charge in [-0.3, -0.25) is 9.36 Å². The number of carbonyl (C=O) groups is 1. The number of esters is 1. The van der Waals surface area contributed by atoms with Crippen LogP contribution in [0.3, 0.4) is 0 Å². The fraction of sp³-hybridized carbons (Fsp3) is 0.345. The SMILES string of the molecule is CCOC(=O)C1=C(C)N=c2s/c(=C\c3ccc(N4CCCC4)c(C)c3)c(=O)n2[C@@H]1c1cc(Br)ccc1OC. The minimum absolute atomic E-state index is 0.212. The van der Waals surface area contributed by atoms with Gasteiger partial charge in [0.2, 0.25) is 0 Å². The van der Waals surface area contributed by atoms with Crippen LogP contribution in [0.25, 0.3) is 6.08 Å². The van der Waals surface area contributed by atoms with Crippen molar-refractivity contribution in [1.82, 2.24) is 4.57 Å². The van der Waals surface area contributed by atoms with E-state index in [0.717, 1.165) is 23.1 Å². The van der Waals surface area contributed by atoms with Gasteiger partial charge in [0.15, 0.2) is 4.80 Å². The Hall–Kier alpha value is -3.17. The van der Waals surface area contributed by atoms with Gasteiger partial charge in [-0.1, -0.05) is 33.3 Å². The van der Waals surface area contributed by atoms with Crippen molar-refractivity contribution < 1.29 is 14.3 Å². The Morgan fingerprint density at radius 2 is 1.95 bits per heavy atom. The van der Waals surface area contributed by atoms with E-state index in [2.05, 4.69) is 50.9 Å². The van der Waals surface area contributed by atoms with Gasteiger partial charge in [0.25, 0.3) is 5.56 Å². The molecular weight excluding hydrogens is 566 g/mol. The molecule has 0 aliphatic carbocycles. The maximum Gasteiger partial charge on any atom is 0.338 e. The summed E-state index contributed by atoms with van der Waals surface area (Å²) in [4.78, 5) is 34.7. The normalized spacial score (nSPS) is 17.4. The fourth-order valence-corrected chi connectivity index (χ4v) is 6.66. The number of anilines is 1. The van der Waals surface area contributed by atoms with Gasteiger partial charge >= 0.3 is 5.97 Å². The monoisotopic (exact) mass is 595 g/mol. The minimum Gasteiger partial charge on any atom is -0.496 e. The van der Waals surface area contributed by atoms with Crippen molar-refractivity contribution in [2.45, 2.75) is 39.7 Å². The number of allylic oxidation sites excluding steroid dienone is 1. The highest BCUT2D eigenvalue weighted by molar-refractivity contribution is 9.10. The number of aromatic nitrogens is 1. The fourth-order valence-electron chi connectivity index (χ4n) is 5.24. The van der Waals surface area contributed by atoms with E-state index in [0.29, 0.717) is 31.9 Å². The lowest BCUT2D eigenvalue weighted by Crippen LogP contribution is -2.40.